The van der Waals surface area contributed by atoms with Crippen LogP contribution in [-0.4, -0.2) is 21.9 Å². The minimum absolute atomic E-state index is 0. The first-order chi connectivity index (χ1) is 7.28. The van der Waals surface area contributed by atoms with Crippen LogP contribution in [0.25, 0.3) is 0 Å². The summed E-state index contributed by atoms with van der Waals surface area (Å²) in [4.78, 5) is 11.5. The highest BCUT2D eigenvalue weighted by molar-refractivity contribution is 7.11. The molecule has 1 amide bonds. The normalized spacial score (nSPS) is 13.3. The minimum atomic E-state index is -0.485. The van der Waals surface area contributed by atoms with Crippen LogP contribution in [0.1, 0.15) is 45.2 Å². The van der Waals surface area contributed by atoms with E-state index in [1.165, 1.54) is 11.3 Å². The van der Waals surface area contributed by atoms with E-state index >= 15 is 0 Å². The van der Waals surface area contributed by atoms with Crippen molar-refractivity contribution in [2.24, 2.45) is 0 Å². The molecule has 0 aromatic carbocycles. The van der Waals surface area contributed by atoms with Crippen LogP contribution in [0.2, 0.25) is 0 Å². The maximum atomic E-state index is 11.5. The Morgan fingerprint density at radius 3 is 2.56 bits per heavy atom. The van der Waals surface area contributed by atoms with Crippen LogP contribution in [0.3, 0.4) is 0 Å². The molecule has 0 saturated carbocycles. The van der Waals surface area contributed by atoms with Gasteiger partial charge in [-0.1, -0.05) is 11.3 Å². The average molecular weight is 245 g/mol. The topological polar surface area (TPSA) is 64.1 Å². The quantitative estimate of drug-likeness (QED) is 0.870. The molecule has 0 bridgehead atoms. The maximum absolute atomic E-state index is 11.5. The van der Waals surface area contributed by atoms with Gasteiger partial charge in [-0.25, -0.2) is 4.79 Å². The molecule has 1 atom stereocenters. The van der Waals surface area contributed by atoms with Gasteiger partial charge in [0.25, 0.3) is 0 Å². The van der Waals surface area contributed by atoms with Crippen LogP contribution in [0.15, 0.2) is 0 Å². The molecular weight excluding hydrogens is 226 g/mol. The second kappa shape index (κ2) is 4.78. The van der Waals surface area contributed by atoms with Crippen LogP contribution < -0.4 is 5.32 Å². The molecule has 1 aromatic heterocycles. The number of ether oxygens (including phenoxy) is 1. The summed E-state index contributed by atoms with van der Waals surface area (Å²) in [6.45, 7) is 9.20. The van der Waals surface area contributed by atoms with E-state index in [1.54, 1.807) is 0 Å². The first-order valence-corrected chi connectivity index (χ1v) is 5.89. The Morgan fingerprint density at radius 1 is 1.50 bits per heavy atom. The van der Waals surface area contributed by atoms with E-state index < -0.39 is 11.7 Å². The van der Waals surface area contributed by atoms with Gasteiger partial charge in [-0.05, 0) is 34.6 Å². The Balaban J connectivity index is 0.00000256. The van der Waals surface area contributed by atoms with Gasteiger partial charge in [0.05, 0.1) is 6.04 Å². The van der Waals surface area contributed by atoms with Gasteiger partial charge >= 0.3 is 6.09 Å². The molecule has 0 aliphatic heterocycles. The van der Waals surface area contributed by atoms with Crippen molar-refractivity contribution in [3.05, 3.63) is 10.0 Å². The molecule has 0 unspecified atom stereocenters. The number of carbonyl (C=O) groups is 1. The van der Waals surface area contributed by atoms with Gasteiger partial charge in [-0.3, -0.25) is 0 Å². The minimum Gasteiger partial charge on any atom is -0.444 e. The van der Waals surface area contributed by atoms with E-state index in [-0.39, 0.29) is 7.47 Å². The molecule has 0 spiro atoms. The molecule has 1 aromatic rings. The van der Waals surface area contributed by atoms with E-state index in [4.69, 9.17) is 4.74 Å². The number of hydrogen-bond acceptors (Lipinski definition) is 5. The third kappa shape index (κ3) is 4.14. The van der Waals surface area contributed by atoms with Crippen molar-refractivity contribution in [3.63, 3.8) is 0 Å². The van der Waals surface area contributed by atoms with Crippen molar-refractivity contribution in [2.45, 2.75) is 46.3 Å². The first kappa shape index (κ1) is 12.9. The summed E-state index contributed by atoms with van der Waals surface area (Å²) in [5.74, 6) is 0. The number of nitrogens with one attached hydrogen (secondary N) is 1. The van der Waals surface area contributed by atoms with E-state index in [0.717, 1.165) is 10.0 Å². The number of hydrogen-bond donors (Lipinski definition) is 1. The summed E-state index contributed by atoms with van der Waals surface area (Å²) in [6, 6.07) is -0.180. The molecule has 1 heterocycles. The summed E-state index contributed by atoms with van der Waals surface area (Å²) in [6.07, 6.45) is -0.437. The fraction of sp³-hybridized carbons (Fsp3) is 0.700. The number of aryl methyl sites for hydroxylation is 1. The smallest absolute Gasteiger partial charge is 0.408 e. The fourth-order valence-electron chi connectivity index (χ4n) is 1.03. The molecule has 0 aliphatic rings. The van der Waals surface area contributed by atoms with Crippen molar-refractivity contribution < 1.29 is 11.0 Å². The molecule has 1 rings (SSSR count). The van der Waals surface area contributed by atoms with E-state index in [2.05, 4.69) is 15.5 Å². The van der Waals surface area contributed by atoms with Crippen LogP contribution in [0, 0.1) is 6.92 Å². The van der Waals surface area contributed by atoms with Crippen molar-refractivity contribution in [3.8, 4) is 0 Å². The third-order valence-electron chi connectivity index (χ3n) is 1.65. The third-order valence-corrected chi connectivity index (χ3v) is 2.67. The van der Waals surface area contributed by atoms with Crippen molar-refractivity contribution in [2.75, 3.05) is 0 Å². The second-order valence-electron chi connectivity index (χ2n) is 4.53. The number of carbonyl (C=O) groups excluding carboxylic acids is 1. The molecular formula is C10H19N3O2S. The summed E-state index contributed by atoms with van der Waals surface area (Å²) < 4.78 is 5.14. The summed E-state index contributed by atoms with van der Waals surface area (Å²) in [5, 5.41) is 12.2. The average Bonchev–Trinajstić information content (AvgIpc) is 2.47. The number of alkyl carbamates (subject to hydrolysis) is 1. The summed E-state index contributed by atoms with van der Waals surface area (Å²) in [5.41, 5.74) is -0.485. The predicted octanol–water partition coefficient (Wildman–Crippen LogP) is 2.68. The predicted molar refractivity (Wildman–Crippen MR) is 64.5 cm³/mol. The molecule has 16 heavy (non-hydrogen) atoms. The maximum Gasteiger partial charge on any atom is 0.408 e. The van der Waals surface area contributed by atoms with Gasteiger partial charge < -0.3 is 10.1 Å². The lowest BCUT2D eigenvalue weighted by Crippen LogP contribution is -2.34. The molecule has 92 valence electrons. The SMILES string of the molecule is Cc1nnc([C@@H](C)NC(=O)OC(C)(C)C)s1.[HH]. The van der Waals surface area contributed by atoms with Crippen LogP contribution in [0.4, 0.5) is 4.79 Å². The lowest BCUT2D eigenvalue weighted by molar-refractivity contribution is 0.0508. The lowest BCUT2D eigenvalue weighted by Gasteiger charge is -2.21. The Hall–Kier alpha value is -1.17. The zero-order valence-electron chi connectivity index (χ0n) is 10.2. The number of aromatic nitrogens is 2. The molecule has 0 saturated heterocycles. The molecule has 0 fully saturated rings. The van der Waals surface area contributed by atoms with Gasteiger partial charge in [0.15, 0.2) is 0 Å². The van der Waals surface area contributed by atoms with Crippen molar-refractivity contribution >= 4 is 17.4 Å². The number of rotatable bonds is 2. The molecule has 5 nitrogen and oxygen atoms in total. The van der Waals surface area contributed by atoms with Gasteiger partial charge in [0.1, 0.15) is 15.6 Å². The van der Waals surface area contributed by atoms with Gasteiger partial charge in [0, 0.05) is 1.43 Å². The molecule has 1 N–H and O–H groups in total. The van der Waals surface area contributed by atoms with Gasteiger partial charge in [-0.15, -0.1) is 10.2 Å². The Kier molecular flexibility index (Phi) is 3.85. The Labute approximate surface area is 101 Å². The first-order valence-electron chi connectivity index (χ1n) is 5.07. The summed E-state index contributed by atoms with van der Waals surface area (Å²) >= 11 is 1.46. The standard InChI is InChI=1S/C10H17N3O2S.H2/c1-6(8-13-12-7(2)16-8)11-9(14)15-10(3,4)5;/h6H,1-5H3,(H,11,14);1H/t6-;/m1./s1. The number of amides is 1. The van der Waals surface area contributed by atoms with Crippen LogP contribution in [0.5, 0.6) is 0 Å². The largest absolute Gasteiger partial charge is 0.444 e. The molecule has 6 heteroatoms. The molecule has 0 radical (unpaired) electrons. The lowest BCUT2D eigenvalue weighted by atomic mass is 10.2. The summed E-state index contributed by atoms with van der Waals surface area (Å²) in [7, 11) is 0. The fourth-order valence-corrected chi connectivity index (χ4v) is 1.73. The highest BCUT2D eigenvalue weighted by Gasteiger charge is 2.19. The zero-order chi connectivity index (χ0) is 12.3. The number of nitrogens with zero attached hydrogens (tertiary/aromatic N) is 2. The molecule has 0 aliphatic carbocycles. The highest BCUT2D eigenvalue weighted by atomic mass is 32.1. The van der Waals surface area contributed by atoms with Crippen LogP contribution >= 0.6 is 11.3 Å². The Morgan fingerprint density at radius 2 is 2.12 bits per heavy atom. The highest BCUT2D eigenvalue weighted by Crippen LogP contribution is 2.17. The van der Waals surface area contributed by atoms with Gasteiger partial charge in [-0.2, -0.15) is 0 Å². The van der Waals surface area contributed by atoms with E-state index in [0.29, 0.717) is 0 Å². The monoisotopic (exact) mass is 245 g/mol. The van der Waals surface area contributed by atoms with Crippen molar-refractivity contribution in [1.29, 1.82) is 0 Å². The van der Waals surface area contributed by atoms with E-state index in [1.807, 2.05) is 34.6 Å². The van der Waals surface area contributed by atoms with E-state index in [9.17, 15) is 4.79 Å². The van der Waals surface area contributed by atoms with Gasteiger partial charge in [0.2, 0.25) is 0 Å². The van der Waals surface area contributed by atoms with Crippen LogP contribution in [-0.2, 0) is 4.74 Å². The van der Waals surface area contributed by atoms with Crippen molar-refractivity contribution in [1.82, 2.24) is 15.5 Å². The Bertz CT molecular complexity index is 376. The zero-order valence-corrected chi connectivity index (χ0v) is 11.0. The second-order valence-corrected chi connectivity index (χ2v) is 5.74.